The number of carbonyl (C=O) groups excluding carboxylic acids is 1. The number of amides is 1. The molecule has 0 saturated carbocycles. The minimum absolute atomic E-state index is 0.0594. The van der Waals surface area contributed by atoms with Gasteiger partial charge >= 0.3 is 0 Å². The van der Waals surface area contributed by atoms with Gasteiger partial charge in [0.15, 0.2) is 0 Å². The van der Waals surface area contributed by atoms with Gasteiger partial charge in [-0.2, -0.15) is 0 Å². The lowest BCUT2D eigenvalue weighted by Gasteiger charge is -2.29. The number of methoxy groups -OCH3 is 1. The van der Waals surface area contributed by atoms with Crippen LogP contribution < -0.4 is 10.6 Å². The fraction of sp³-hybridized carbons (Fsp3) is 0.444. The second-order valence-electron chi connectivity index (χ2n) is 6.25. The van der Waals surface area contributed by atoms with Crippen LogP contribution in [-0.2, 0) is 4.74 Å². The monoisotopic (exact) mass is 313 g/mol. The summed E-state index contributed by atoms with van der Waals surface area (Å²) in [6.07, 6.45) is 2.12. The van der Waals surface area contributed by atoms with Gasteiger partial charge in [-0.05, 0) is 38.4 Å². The summed E-state index contributed by atoms with van der Waals surface area (Å²) in [7, 11) is 1.70. The van der Waals surface area contributed by atoms with Gasteiger partial charge in [-0.3, -0.25) is 9.78 Å². The Kier molecular flexibility index (Phi) is 4.59. The van der Waals surface area contributed by atoms with Crippen LogP contribution in [0, 0.1) is 6.92 Å². The Labute approximate surface area is 136 Å². The molecule has 1 saturated heterocycles. The normalized spacial score (nSPS) is 20.8. The van der Waals surface area contributed by atoms with Crippen molar-refractivity contribution in [1.29, 1.82) is 0 Å². The molecular weight excluding hydrogens is 290 g/mol. The van der Waals surface area contributed by atoms with E-state index >= 15 is 0 Å². The highest BCUT2D eigenvalue weighted by Crippen LogP contribution is 2.21. The van der Waals surface area contributed by atoms with Crippen molar-refractivity contribution in [2.45, 2.75) is 25.3 Å². The molecule has 1 aliphatic rings. The first kappa shape index (κ1) is 15.9. The van der Waals surface area contributed by atoms with Crippen LogP contribution >= 0.6 is 0 Å². The van der Waals surface area contributed by atoms with Gasteiger partial charge in [-0.15, -0.1) is 0 Å². The van der Waals surface area contributed by atoms with Gasteiger partial charge in [0.1, 0.15) is 0 Å². The number of para-hydroxylation sites is 1. The molecule has 1 aromatic heterocycles. The van der Waals surface area contributed by atoms with Gasteiger partial charge < -0.3 is 15.4 Å². The summed E-state index contributed by atoms with van der Waals surface area (Å²) in [4.78, 5) is 17.2. The fourth-order valence-corrected chi connectivity index (χ4v) is 3.31. The van der Waals surface area contributed by atoms with E-state index in [1.165, 1.54) is 0 Å². The molecule has 2 N–H and O–H groups in total. The molecule has 5 heteroatoms. The van der Waals surface area contributed by atoms with E-state index in [4.69, 9.17) is 4.74 Å². The summed E-state index contributed by atoms with van der Waals surface area (Å²) in [6, 6.07) is 9.59. The Hall–Kier alpha value is -1.98. The summed E-state index contributed by atoms with van der Waals surface area (Å²) in [6.45, 7) is 4.05. The van der Waals surface area contributed by atoms with E-state index in [9.17, 15) is 4.79 Å². The zero-order valence-electron chi connectivity index (χ0n) is 13.7. The molecule has 1 amide bonds. The van der Waals surface area contributed by atoms with Crippen LogP contribution in [-0.4, -0.2) is 43.2 Å². The predicted octanol–water partition coefficient (Wildman–Crippen LogP) is 2.04. The molecule has 3 rings (SSSR count). The third-order valence-electron chi connectivity index (χ3n) is 4.43. The number of pyridine rings is 1. The van der Waals surface area contributed by atoms with Gasteiger partial charge in [0.05, 0.1) is 23.2 Å². The van der Waals surface area contributed by atoms with Crippen LogP contribution in [0.1, 0.15) is 28.9 Å². The minimum Gasteiger partial charge on any atom is -0.383 e. The van der Waals surface area contributed by atoms with Gasteiger partial charge in [-0.1, -0.05) is 18.2 Å². The topological polar surface area (TPSA) is 63.2 Å². The van der Waals surface area contributed by atoms with Crippen molar-refractivity contribution in [3.8, 4) is 0 Å². The highest BCUT2D eigenvalue weighted by atomic mass is 16.5. The molecule has 23 heavy (non-hydrogen) atoms. The van der Waals surface area contributed by atoms with Crippen LogP contribution in [0.4, 0.5) is 0 Å². The third kappa shape index (κ3) is 3.35. The summed E-state index contributed by atoms with van der Waals surface area (Å²) in [5.41, 5.74) is 2.23. The van der Waals surface area contributed by atoms with Crippen LogP contribution in [0.5, 0.6) is 0 Å². The number of rotatable bonds is 5. The molecule has 122 valence electrons. The summed E-state index contributed by atoms with van der Waals surface area (Å²) < 4.78 is 5.33. The Balaban J connectivity index is 1.81. The molecule has 1 atom stereocenters. The minimum atomic E-state index is -0.151. The van der Waals surface area contributed by atoms with Crippen molar-refractivity contribution in [2.75, 3.05) is 26.8 Å². The number of nitrogens with zero attached hydrogens (tertiary/aromatic N) is 1. The molecule has 0 aliphatic carbocycles. The van der Waals surface area contributed by atoms with Crippen LogP contribution in [0.2, 0.25) is 0 Å². The fourth-order valence-electron chi connectivity index (χ4n) is 3.31. The third-order valence-corrected chi connectivity index (χ3v) is 4.43. The smallest absolute Gasteiger partial charge is 0.252 e. The van der Waals surface area contributed by atoms with Crippen LogP contribution in [0.25, 0.3) is 10.9 Å². The van der Waals surface area contributed by atoms with Gasteiger partial charge in [-0.25, -0.2) is 0 Å². The van der Waals surface area contributed by atoms with Crippen molar-refractivity contribution >= 4 is 16.8 Å². The molecule has 5 nitrogen and oxygen atoms in total. The summed E-state index contributed by atoms with van der Waals surface area (Å²) >= 11 is 0. The number of fused-ring (bicyclic) bond motifs is 1. The Morgan fingerprint density at radius 1 is 1.43 bits per heavy atom. The number of aromatic nitrogens is 1. The van der Waals surface area contributed by atoms with Crippen molar-refractivity contribution in [1.82, 2.24) is 15.6 Å². The van der Waals surface area contributed by atoms with E-state index < -0.39 is 0 Å². The average molecular weight is 313 g/mol. The molecule has 0 spiro atoms. The number of ether oxygens (including phenoxy) is 1. The highest BCUT2D eigenvalue weighted by Gasteiger charge is 2.33. The Bertz CT molecular complexity index is 708. The maximum atomic E-state index is 12.7. The van der Waals surface area contributed by atoms with E-state index in [0.29, 0.717) is 18.7 Å². The summed E-state index contributed by atoms with van der Waals surface area (Å²) in [5, 5.41) is 7.44. The molecule has 1 fully saturated rings. The van der Waals surface area contributed by atoms with Gasteiger partial charge in [0.2, 0.25) is 0 Å². The Morgan fingerprint density at radius 2 is 2.26 bits per heavy atom. The molecule has 1 aliphatic heterocycles. The van der Waals surface area contributed by atoms with Crippen LogP contribution in [0.3, 0.4) is 0 Å². The Morgan fingerprint density at radius 3 is 3.00 bits per heavy atom. The zero-order valence-corrected chi connectivity index (χ0v) is 13.7. The van der Waals surface area contributed by atoms with Crippen molar-refractivity contribution in [3.63, 3.8) is 0 Å². The van der Waals surface area contributed by atoms with E-state index in [1.54, 1.807) is 7.11 Å². The number of hydrogen-bond donors (Lipinski definition) is 2. The molecule has 0 bridgehead atoms. The number of nitrogens with one attached hydrogen (secondary N) is 2. The lowest BCUT2D eigenvalue weighted by atomic mass is 9.98. The highest BCUT2D eigenvalue weighted by molar-refractivity contribution is 6.06. The van der Waals surface area contributed by atoms with Crippen LogP contribution in [0.15, 0.2) is 30.3 Å². The zero-order chi connectivity index (χ0) is 16.3. The number of aryl methyl sites for hydroxylation is 1. The molecule has 2 aromatic rings. The van der Waals surface area contributed by atoms with Gasteiger partial charge in [0.25, 0.3) is 5.91 Å². The SMILES string of the molecule is COCC1(CNC(=O)c2cc(C)nc3ccccc23)CCCN1. The van der Waals surface area contributed by atoms with E-state index in [-0.39, 0.29) is 11.4 Å². The number of carbonyl (C=O) groups is 1. The van der Waals surface area contributed by atoms with Crippen molar-refractivity contribution < 1.29 is 9.53 Å². The van der Waals surface area contributed by atoms with Crippen molar-refractivity contribution in [2.24, 2.45) is 0 Å². The van der Waals surface area contributed by atoms with E-state index in [1.807, 2.05) is 37.3 Å². The largest absolute Gasteiger partial charge is 0.383 e. The molecule has 1 unspecified atom stereocenters. The second-order valence-corrected chi connectivity index (χ2v) is 6.25. The predicted molar refractivity (Wildman–Crippen MR) is 90.7 cm³/mol. The molecule has 1 aromatic carbocycles. The first-order valence-electron chi connectivity index (χ1n) is 8.02. The maximum absolute atomic E-state index is 12.7. The van der Waals surface area contributed by atoms with E-state index in [2.05, 4.69) is 15.6 Å². The molecular formula is C18H23N3O2. The first-order valence-corrected chi connectivity index (χ1v) is 8.02. The van der Waals surface area contributed by atoms with E-state index in [0.717, 1.165) is 36.0 Å². The summed E-state index contributed by atoms with van der Waals surface area (Å²) in [5.74, 6) is -0.0594. The first-order chi connectivity index (χ1) is 11.1. The lowest BCUT2D eigenvalue weighted by Crippen LogP contribution is -2.53. The number of hydrogen-bond acceptors (Lipinski definition) is 4. The molecule has 0 radical (unpaired) electrons. The standard InChI is InChI=1S/C18H23N3O2/c1-13-10-15(14-6-3-4-7-16(14)21-13)17(22)19-11-18(12-23-2)8-5-9-20-18/h3-4,6-7,10,20H,5,8-9,11-12H2,1-2H3,(H,19,22). The van der Waals surface area contributed by atoms with Gasteiger partial charge in [0, 0.05) is 24.7 Å². The average Bonchev–Trinajstić information content (AvgIpc) is 3.01. The number of benzene rings is 1. The maximum Gasteiger partial charge on any atom is 0.252 e. The lowest BCUT2D eigenvalue weighted by molar-refractivity contribution is 0.0893. The second kappa shape index (κ2) is 6.64. The molecule has 2 heterocycles. The quantitative estimate of drug-likeness (QED) is 0.887. The van der Waals surface area contributed by atoms with Crippen molar-refractivity contribution in [3.05, 3.63) is 41.6 Å².